The van der Waals surface area contributed by atoms with E-state index < -0.39 is 16.8 Å². The van der Waals surface area contributed by atoms with Crippen molar-refractivity contribution in [3.8, 4) is 0 Å². The molecule has 0 aliphatic heterocycles. The predicted molar refractivity (Wildman–Crippen MR) is 64.3 cm³/mol. The zero-order valence-corrected chi connectivity index (χ0v) is 9.49. The number of hydrogen-bond donors (Lipinski definition) is 0. The van der Waals surface area contributed by atoms with E-state index in [1.807, 2.05) is 6.07 Å². The number of nitro groups is 1. The van der Waals surface area contributed by atoms with Crippen LogP contribution in [0.2, 0.25) is 0 Å². The Labute approximate surface area is 103 Å². The molecule has 1 aromatic carbocycles. The Balaban J connectivity index is 2.44. The molecule has 5 heteroatoms. The number of hydrogen-bond acceptors (Lipinski definition) is 3. The summed E-state index contributed by atoms with van der Waals surface area (Å²) in [6.45, 7) is -0.355. The first-order valence-corrected chi connectivity index (χ1v) is 5.45. The molecule has 18 heavy (non-hydrogen) atoms. The summed E-state index contributed by atoms with van der Waals surface area (Å²) in [6, 6.07) is 12.0. The maximum absolute atomic E-state index is 13.6. The lowest BCUT2D eigenvalue weighted by molar-refractivity contribution is -0.481. The maximum Gasteiger partial charge on any atom is 0.216 e. The number of aromatic nitrogens is 1. The number of halogens is 1. The molecule has 0 saturated heterocycles. The zero-order valence-electron chi connectivity index (χ0n) is 9.49. The third-order valence-corrected chi connectivity index (χ3v) is 2.70. The topological polar surface area (TPSA) is 56.0 Å². The van der Waals surface area contributed by atoms with Crippen LogP contribution >= 0.6 is 0 Å². The summed E-state index contributed by atoms with van der Waals surface area (Å²) in [5.74, 6) is -1.27. The zero-order chi connectivity index (χ0) is 13.0. The Morgan fingerprint density at radius 1 is 1.22 bits per heavy atom. The fraction of sp³-hybridized carbons (Fsp3) is 0.154. The minimum absolute atomic E-state index is 0.250. The van der Waals surface area contributed by atoms with Crippen molar-refractivity contribution in [3.63, 3.8) is 0 Å². The second kappa shape index (κ2) is 5.35. The van der Waals surface area contributed by atoms with Crippen molar-refractivity contribution in [2.75, 3.05) is 6.54 Å². The van der Waals surface area contributed by atoms with E-state index in [1.54, 1.807) is 30.3 Å². The average molecular weight is 246 g/mol. The summed E-state index contributed by atoms with van der Waals surface area (Å²) in [4.78, 5) is 13.8. The molecule has 1 aromatic heterocycles. The Hall–Kier alpha value is -2.30. The van der Waals surface area contributed by atoms with Crippen LogP contribution < -0.4 is 0 Å². The molecule has 4 nitrogen and oxygen atoms in total. The van der Waals surface area contributed by atoms with Gasteiger partial charge in [-0.25, -0.2) is 4.98 Å². The van der Waals surface area contributed by atoms with Gasteiger partial charge in [0.05, 0.1) is 5.92 Å². The van der Waals surface area contributed by atoms with Crippen LogP contribution in [0.1, 0.15) is 17.0 Å². The van der Waals surface area contributed by atoms with Crippen LogP contribution in [0.3, 0.4) is 0 Å². The summed E-state index contributed by atoms with van der Waals surface area (Å²) in [7, 11) is 0. The Bertz CT molecular complexity index is 546. The summed E-state index contributed by atoms with van der Waals surface area (Å²) in [5, 5.41) is 10.7. The van der Waals surface area contributed by atoms with Gasteiger partial charge in [0, 0.05) is 16.7 Å². The monoisotopic (exact) mass is 246 g/mol. The first-order valence-electron chi connectivity index (χ1n) is 5.45. The lowest BCUT2D eigenvalue weighted by Crippen LogP contribution is -2.15. The highest BCUT2D eigenvalue weighted by Crippen LogP contribution is 2.25. The van der Waals surface area contributed by atoms with Gasteiger partial charge in [-0.2, -0.15) is 4.39 Å². The first kappa shape index (κ1) is 12.2. The van der Waals surface area contributed by atoms with Crippen molar-refractivity contribution in [2.45, 2.75) is 5.92 Å². The largest absolute Gasteiger partial charge is 0.265 e. The van der Waals surface area contributed by atoms with E-state index in [0.717, 1.165) is 0 Å². The first-order chi connectivity index (χ1) is 8.68. The van der Waals surface area contributed by atoms with E-state index in [9.17, 15) is 14.5 Å². The summed E-state index contributed by atoms with van der Waals surface area (Å²) in [5.41, 5.74) is 0.960. The number of nitrogens with zero attached hydrogens (tertiary/aromatic N) is 2. The quantitative estimate of drug-likeness (QED) is 0.473. The molecule has 0 fully saturated rings. The number of benzene rings is 1. The molecule has 0 saturated carbocycles. The second-order valence-electron chi connectivity index (χ2n) is 3.86. The van der Waals surface area contributed by atoms with Gasteiger partial charge in [-0.3, -0.25) is 10.1 Å². The Morgan fingerprint density at radius 3 is 2.56 bits per heavy atom. The van der Waals surface area contributed by atoms with E-state index in [2.05, 4.69) is 4.98 Å². The minimum Gasteiger partial charge on any atom is -0.265 e. The molecule has 1 unspecified atom stereocenters. The standard InChI is InChI=1S/C13H11FN2O2/c14-13-11(7-4-8-15-13)12(9-16(17)18)10-5-2-1-3-6-10/h1-8,12H,9H2. The fourth-order valence-corrected chi connectivity index (χ4v) is 1.88. The van der Waals surface area contributed by atoms with Crippen molar-refractivity contribution in [1.29, 1.82) is 0 Å². The van der Waals surface area contributed by atoms with Gasteiger partial charge in [-0.05, 0) is 11.6 Å². The summed E-state index contributed by atoms with van der Waals surface area (Å²) < 4.78 is 13.6. The average Bonchev–Trinajstić information content (AvgIpc) is 2.38. The molecule has 2 rings (SSSR count). The van der Waals surface area contributed by atoms with Crippen molar-refractivity contribution < 1.29 is 9.31 Å². The molecular formula is C13H11FN2O2. The van der Waals surface area contributed by atoms with Crippen molar-refractivity contribution in [3.05, 3.63) is 75.9 Å². The van der Waals surface area contributed by atoms with Crippen LogP contribution in [0, 0.1) is 16.1 Å². The van der Waals surface area contributed by atoms with Gasteiger partial charge in [-0.15, -0.1) is 0 Å². The third kappa shape index (κ3) is 2.68. The van der Waals surface area contributed by atoms with E-state index in [4.69, 9.17) is 0 Å². The highest BCUT2D eigenvalue weighted by atomic mass is 19.1. The molecule has 92 valence electrons. The highest BCUT2D eigenvalue weighted by Gasteiger charge is 2.23. The normalized spacial score (nSPS) is 12.1. The predicted octanol–water partition coefficient (Wildman–Crippen LogP) is 2.63. The second-order valence-corrected chi connectivity index (χ2v) is 3.86. The third-order valence-electron chi connectivity index (χ3n) is 2.70. The van der Waals surface area contributed by atoms with Gasteiger partial charge < -0.3 is 0 Å². The molecule has 1 atom stereocenters. The van der Waals surface area contributed by atoms with E-state index in [1.165, 1.54) is 12.3 Å². The van der Waals surface area contributed by atoms with Crippen molar-refractivity contribution in [2.24, 2.45) is 0 Å². The van der Waals surface area contributed by atoms with Crippen molar-refractivity contribution in [1.82, 2.24) is 4.98 Å². The SMILES string of the molecule is O=[N+]([O-])CC(c1ccccc1)c1cccnc1F. The molecular weight excluding hydrogens is 235 g/mol. The Kier molecular flexibility index (Phi) is 3.62. The lowest BCUT2D eigenvalue weighted by atomic mass is 9.92. The van der Waals surface area contributed by atoms with Gasteiger partial charge in [0.2, 0.25) is 12.5 Å². The van der Waals surface area contributed by atoms with E-state index in [0.29, 0.717) is 5.56 Å². The van der Waals surface area contributed by atoms with Crippen LogP contribution in [-0.4, -0.2) is 16.5 Å². The molecule has 0 aliphatic carbocycles. The molecule has 2 aromatic rings. The molecule has 0 N–H and O–H groups in total. The van der Waals surface area contributed by atoms with Gasteiger partial charge in [-0.1, -0.05) is 36.4 Å². The molecule has 0 bridgehead atoms. The van der Waals surface area contributed by atoms with Crippen LogP contribution in [0.15, 0.2) is 48.7 Å². The van der Waals surface area contributed by atoms with Crippen LogP contribution in [0.25, 0.3) is 0 Å². The molecule has 0 spiro atoms. The maximum atomic E-state index is 13.6. The minimum atomic E-state index is -0.659. The van der Waals surface area contributed by atoms with Crippen LogP contribution in [0.4, 0.5) is 4.39 Å². The van der Waals surface area contributed by atoms with Gasteiger partial charge in [0.1, 0.15) is 0 Å². The van der Waals surface area contributed by atoms with Crippen LogP contribution in [0.5, 0.6) is 0 Å². The molecule has 0 radical (unpaired) electrons. The Morgan fingerprint density at radius 2 is 1.94 bits per heavy atom. The molecule has 1 heterocycles. The molecule has 0 aliphatic rings. The van der Waals surface area contributed by atoms with E-state index in [-0.39, 0.29) is 12.1 Å². The lowest BCUT2D eigenvalue weighted by Gasteiger charge is -2.13. The van der Waals surface area contributed by atoms with Crippen LogP contribution in [-0.2, 0) is 0 Å². The number of pyridine rings is 1. The fourth-order valence-electron chi connectivity index (χ4n) is 1.88. The highest BCUT2D eigenvalue weighted by molar-refractivity contribution is 5.31. The summed E-state index contributed by atoms with van der Waals surface area (Å²) >= 11 is 0. The van der Waals surface area contributed by atoms with Gasteiger partial charge in [0.15, 0.2) is 0 Å². The van der Waals surface area contributed by atoms with Gasteiger partial charge >= 0.3 is 0 Å². The van der Waals surface area contributed by atoms with Crippen molar-refractivity contribution >= 4 is 0 Å². The summed E-state index contributed by atoms with van der Waals surface area (Å²) in [6.07, 6.45) is 1.33. The smallest absolute Gasteiger partial charge is 0.216 e. The molecule has 0 amide bonds. The number of rotatable bonds is 4. The van der Waals surface area contributed by atoms with Gasteiger partial charge in [0.25, 0.3) is 0 Å². The van der Waals surface area contributed by atoms with E-state index >= 15 is 0 Å².